The van der Waals surface area contributed by atoms with E-state index in [0.717, 1.165) is 11.1 Å². The number of esters is 1. The lowest BCUT2D eigenvalue weighted by atomic mass is 9.97. The Hall–Kier alpha value is -2.55. The first-order valence-electron chi connectivity index (χ1n) is 6.92. The van der Waals surface area contributed by atoms with E-state index in [1.54, 1.807) is 0 Å². The van der Waals surface area contributed by atoms with E-state index in [1.165, 1.54) is 0 Å². The smallest absolute Gasteiger partial charge is 0.310 e. The van der Waals surface area contributed by atoms with Gasteiger partial charge in [-0.05, 0) is 25.0 Å². The zero-order chi connectivity index (χ0) is 14.7. The van der Waals surface area contributed by atoms with Crippen molar-refractivity contribution in [2.24, 2.45) is 5.92 Å². The zero-order valence-corrected chi connectivity index (χ0v) is 11.5. The van der Waals surface area contributed by atoms with Gasteiger partial charge in [-0.1, -0.05) is 12.1 Å². The third-order valence-corrected chi connectivity index (χ3v) is 3.66. The Bertz CT molecular complexity index is 648. The van der Waals surface area contributed by atoms with Gasteiger partial charge in [-0.2, -0.15) is 10.2 Å². The van der Waals surface area contributed by atoms with Crippen molar-refractivity contribution < 1.29 is 13.9 Å². The van der Waals surface area contributed by atoms with Gasteiger partial charge >= 0.3 is 5.97 Å². The second-order valence-electron chi connectivity index (χ2n) is 4.99. The maximum absolute atomic E-state index is 11.7. The Morgan fingerprint density at radius 3 is 2.90 bits per heavy atom. The standard InChI is InChI=1S/C15H15N3O3/c16-7-10-20-14(19)11-5-8-18(9-6-11)15-17-12-3-1-2-4-13(12)21-15/h1-4,11H,5-6,8-10H2. The molecule has 0 N–H and O–H groups in total. The van der Waals surface area contributed by atoms with Crippen LogP contribution in [-0.2, 0) is 9.53 Å². The minimum Gasteiger partial charge on any atom is -0.450 e. The van der Waals surface area contributed by atoms with Crippen LogP contribution in [0.4, 0.5) is 6.01 Å². The Kier molecular flexibility index (Phi) is 3.73. The highest BCUT2D eigenvalue weighted by molar-refractivity contribution is 5.75. The first-order valence-corrected chi connectivity index (χ1v) is 6.92. The van der Waals surface area contributed by atoms with Crippen molar-refractivity contribution in [3.05, 3.63) is 24.3 Å². The second-order valence-corrected chi connectivity index (χ2v) is 4.99. The maximum Gasteiger partial charge on any atom is 0.310 e. The Morgan fingerprint density at radius 2 is 2.19 bits per heavy atom. The maximum atomic E-state index is 11.7. The van der Waals surface area contributed by atoms with Crippen LogP contribution in [0.1, 0.15) is 12.8 Å². The number of oxazole rings is 1. The summed E-state index contributed by atoms with van der Waals surface area (Å²) >= 11 is 0. The Labute approximate surface area is 121 Å². The summed E-state index contributed by atoms with van der Waals surface area (Å²) in [5.74, 6) is -0.423. The summed E-state index contributed by atoms with van der Waals surface area (Å²) in [5, 5.41) is 8.42. The van der Waals surface area contributed by atoms with E-state index in [-0.39, 0.29) is 18.5 Å². The molecule has 1 saturated heterocycles. The molecule has 1 aromatic heterocycles. The monoisotopic (exact) mass is 285 g/mol. The molecular formula is C15H15N3O3. The van der Waals surface area contributed by atoms with Gasteiger partial charge in [0.05, 0.1) is 5.92 Å². The number of nitriles is 1. The fraction of sp³-hybridized carbons (Fsp3) is 0.400. The molecule has 0 bridgehead atoms. The lowest BCUT2D eigenvalue weighted by Gasteiger charge is -2.29. The highest BCUT2D eigenvalue weighted by atomic mass is 16.5. The molecule has 1 aliphatic rings. The van der Waals surface area contributed by atoms with Crippen LogP contribution in [-0.4, -0.2) is 30.6 Å². The molecule has 3 rings (SSSR count). The molecule has 0 spiro atoms. The van der Waals surface area contributed by atoms with Crippen LogP contribution >= 0.6 is 0 Å². The fourth-order valence-electron chi connectivity index (χ4n) is 2.52. The minimum absolute atomic E-state index is 0.140. The van der Waals surface area contributed by atoms with Crippen molar-refractivity contribution in [2.75, 3.05) is 24.6 Å². The molecule has 2 aromatic rings. The van der Waals surface area contributed by atoms with Crippen molar-refractivity contribution in [2.45, 2.75) is 12.8 Å². The summed E-state index contributed by atoms with van der Waals surface area (Å²) in [6.07, 6.45) is 1.37. The van der Waals surface area contributed by atoms with E-state index in [0.29, 0.717) is 31.9 Å². The van der Waals surface area contributed by atoms with Gasteiger partial charge in [0.1, 0.15) is 11.6 Å². The topological polar surface area (TPSA) is 79.4 Å². The highest BCUT2D eigenvalue weighted by Crippen LogP contribution is 2.26. The summed E-state index contributed by atoms with van der Waals surface area (Å²) in [6, 6.07) is 10.0. The number of nitrogens with zero attached hydrogens (tertiary/aromatic N) is 3. The molecule has 1 fully saturated rings. The van der Waals surface area contributed by atoms with Crippen molar-refractivity contribution >= 4 is 23.1 Å². The van der Waals surface area contributed by atoms with E-state index in [4.69, 9.17) is 14.4 Å². The molecule has 108 valence electrons. The summed E-state index contributed by atoms with van der Waals surface area (Å²) in [5.41, 5.74) is 1.60. The summed E-state index contributed by atoms with van der Waals surface area (Å²) < 4.78 is 10.6. The van der Waals surface area contributed by atoms with E-state index < -0.39 is 0 Å². The lowest BCUT2D eigenvalue weighted by molar-refractivity contribution is -0.147. The number of anilines is 1. The summed E-state index contributed by atoms with van der Waals surface area (Å²) in [6.45, 7) is 1.21. The number of hydrogen-bond donors (Lipinski definition) is 0. The molecule has 21 heavy (non-hydrogen) atoms. The molecule has 0 radical (unpaired) electrons. The zero-order valence-electron chi connectivity index (χ0n) is 11.5. The molecule has 0 atom stereocenters. The van der Waals surface area contributed by atoms with E-state index in [2.05, 4.69) is 4.98 Å². The number of carbonyl (C=O) groups is 1. The predicted octanol–water partition coefficient (Wildman–Crippen LogP) is 2.11. The SMILES string of the molecule is N#CCOC(=O)C1CCN(c2nc3ccccc3o2)CC1. The number of ether oxygens (including phenoxy) is 1. The number of hydrogen-bond acceptors (Lipinski definition) is 6. The number of rotatable bonds is 3. The van der Waals surface area contributed by atoms with Crippen LogP contribution < -0.4 is 4.90 Å². The van der Waals surface area contributed by atoms with Crippen LogP contribution in [0.2, 0.25) is 0 Å². The molecule has 0 amide bonds. The summed E-state index contributed by atoms with van der Waals surface area (Å²) in [7, 11) is 0. The second kappa shape index (κ2) is 5.83. The van der Waals surface area contributed by atoms with Gasteiger partial charge in [-0.3, -0.25) is 4.79 Å². The van der Waals surface area contributed by atoms with Crippen molar-refractivity contribution in [1.29, 1.82) is 5.26 Å². The molecule has 0 aliphatic carbocycles. The van der Waals surface area contributed by atoms with Gasteiger partial charge in [0.15, 0.2) is 12.2 Å². The third kappa shape index (κ3) is 2.82. The molecule has 6 nitrogen and oxygen atoms in total. The van der Waals surface area contributed by atoms with Crippen molar-refractivity contribution in [3.63, 3.8) is 0 Å². The first-order chi connectivity index (χ1) is 10.3. The quantitative estimate of drug-likeness (QED) is 0.804. The van der Waals surface area contributed by atoms with E-state index in [9.17, 15) is 4.79 Å². The molecule has 1 aromatic carbocycles. The Morgan fingerprint density at radius 1 is 1.43 bits per heavy atom. The van der Waals surface area contributed by atoms with Crippen molar-refractivity contribution in [1.82, 2.24) is 4.98 Å². The van der Waals surface area contributed by atoms with Crippen molar-refractivity contribution in [3.8, 4) is 6.07 Å². The molecule has 0 saturated carbocycles. The first kappa shape index (κ1) is 13.4. The number of aromatic nitrogens is 1. The lowest BCUT2D eigenvalue weighted by Crippen LogP contribution is -2.37. The largest absolute Gasteiger partial charge is 0.450 e. The van der Waals surface area contributed by atoms with E-state index in [1.807, 2.05) is 35.2 Å². The minimum atomic E-state index is -0.284. The van der Waals surface area contributed by atoms with Gasteiger partial charge < -0.3 is 14.1 Å². The van der Waals surface area contributed by atoms with Gasteiger partial charge in [0.25, 0.3) is 6.01 Å². The van der Waals surface area contributed by atoms with Gasteiger partial charge in [0.2, 0.25) is 0 Å². The van der Waals surface area contributed by atoms with Crippen LogP contribution in [0.5, 0.6) is 0 Å². The molecule has 1 aliphatic heterocycles. The number of para-hydroxylation sites is 2. The van der Waals surface area contributed by atoms with Crippen LogP contribution in [0, 0.1) is 17.2 Å². The summed E-state index contributed by atoms with van der Waals surface area (Å²) in [4.78, 5) is 18.2. The number of benzene rings is 1. The number of carbonyl (C=O) groups excluding carboxylic acids is 1. The third-order valence-electron chi connectivity index (χ3n) is 3.66. The van der Waals surface area contributed by atoms with Crippen LogP contribution in [0.3, 0.4) is 0 Å². The Balaban J connectivity index is 1.63. The van der Waals surface area contributed by atoms with Gasteiger partial charge in [-0.25, -0.2) is 0 Å². The normalized spacial score (nSPS) is 15.9. The molecule has 6 heteroatoms. The number of fused-ring (bicyclic) bond motifs is 1. The van der Waals surface area contributed by atoms with Gasteiger partial charge in [-0.15, -0.1) is 0 Å². The molecule has 0 unspecified atom stereocenters. The average Bonchev–Trinajstić information content (AvgIpc) is 2.96. The van der Waals surface area contributed by atoms with Crippen LogP contribution in [0.25, 0.3) is 11.1 Å². The number of piperidine rings is 1. The van der Waals surface area contributed by atoms with E-state index >= 15 is 0 Å². The average molecular weight is 285 g/mol. The highest BCUT2D eigenvalue weighted by Gasteiger charge is 2.28. The fourth-order valence-corrected chi connectivity index (χ4v) is 2.52. The van der Waals surface area contributed by atoms with Crippen LogP contribution in [0.15, 0.2) is 28.7 Å². The molecular weight excluding hydrogens is 270 g/mol. The van der Waals surface area contributed by atoms with Gasteiger partial charge in [0, 0.05) is 13.1 Å². The predicted molar refractivity (Wildman–Crippen MR) is 75.5 cm³/mol. The molecule has 2 heterocycles.